The number of ketones is 1. The van der Waals surface area contributed by atoms with Crippen molar-refractivity contribution in [3.63, 3.8) is 0 Å². The zero-order valence-corrected chi connectivity index (χ0v) is 11.4. The molecule has 1 saturated carbocycles. The average Bonchev–Trinajstić information content (AvgIpc) is 2.41. The third-order valence-electron chi connectivity index (χ3n) is 4.27. The van der Waals surface area contributed by atoms with Crippen LogP contribution < -0.4 is 0 Å². The van der Waals surface area contributed by atoms with Gasteiger partial charge in [-0.3, -0.25) is 9.59 Å². The van der Waals surface area contributed by atoms with Crippen molar-refractivity contribution in [1.29, 1.82) is 0 Å². The Kier molecular flexibility index (Phi) is 4.75. The van der Waals surface area contributed by atoms with Crippen molar-refractivity contribution in [1.82, 2.24) is 9.80 Å². The van der Waals surface area contributed by atoms with Gasteiger partial charge in [0.1, 0.15) is 5.78 Å². The summed E-state index contributed by atoms with van der Waals surface area (Å²) in [6.07, 6.45) is 4.16. The van der Waals surface area contributed by atoms with E-state index in [-0.39, 0.29) is 11.8 Å². The van der Waals surface area contributed by atoms with Gasteiger partial charge in [-0.15, -0.1) is 0 Å². The summed E-state index contributed by atoms with van der Waals surface area (Å²) in [7, 11) is 0. The van der Waals surface area contributed by atoms with E-state index in [2.05, 4.69) is 11.8 Å². The molecule has 1 aliphatic carbocycles. The fourth-order valence-electron chi connectivity index (χ4n) is 2.92. The molecule has 1 unspecified atom stereocenters. The van der Waals surface area contributed by atoms with E-state index in [4.69, 9.17) is 0 Å². The van der Waals surface area contributed by atoms with Gasteiger partial charge in [0.2, 0.25) is 5.91 Å². The maximum absolute atomic E-state index is 12.2. The lowest BCUT2D eigenvalue weighted by Crippen LogP contribution is -2.49. The molecule has 18 heavy (non-hydrogen) atoms. The average molecular weight is 252 g/mol. The summed E-state index contributed by atoms with van der Waals surface area (Å²) in [6.45, 7) is 6.81. The lowest BCUT2D eigenvalue weighted by Gasteiger charge is -2.35. The second kappa shape index (κ2) is 6.32. The summed E-state index contributed by atoms with van der Waals surface area (Å²) >= 11 is 0. The number of hydrogen-bond acceptors (Lipinski definition) is 3. The Morgan fingerprint density at radius 2 is 1.94 bits per heavy atom. The Morgan fingerprint density at radius 3 is 2.56 bits per heavy atom. The number of piperazine rings is 1. The van der Waals surface area contributed by atoms with Gasteiger partial charge < -0.3 is 9.80 Å². The first kappa shape index (κ1) is 13.5. The normalized spacial score (nSPS) is 26.4. The van der Waals surface area contributed by atoms with E-state index in [9.17, 15) is 9.59 Å². The predicted octanol–water partition coefficient (Wildman–Crippen LogP) is 1.30. The van der Waals surface area contributed by atoms with Crippen LogP contribution >= 0.6 is 0 Å². The molecule has 0 aromatic carbocycles. The molecule has 4 nitrogen and oxygen atoms in total. The van der Waals surface area contributed by atoms with Crippen LogP contribution in [0.15, 0.2) is 0 Å². The largest absolute Gasteiger partial charge is 0.340 e. The highest BCUT2D eigenvalue weighted by Gasteiger charge is 2.28. The van der Waals surface area contributed by atoms with E-state index >= 15 is 0 Å². The maximum atomic E-state index is 12.2. The molecule has 2 aliphatic rings. The zero-order valence-electron chi connectivity index (χ0n) is 11.4. The molecule has 0 aromatic heterocycles. The number of hydrogen-bond donors (Lipinski definition) is 0. The van der Waals surface area contributed by atoms with Crippen molar-refractivity contribution < 1.29 is 9.59 Å². The van der Waals surface area contributed by atoms with E-state index < -0.39 is 0 Å². The Bertz CT molecular complexity index is 309. The second-order valence-corrected chi connectivity index (χ2v) is 5.43. The van der Waals surface area contributed by atoms with Gasteiger partial charge in [-0.05, 0) is 19.4 Å². The molecule has 2 fully saturated rings. The van der Waals surface area contributed by atoms with Crippen molar-refractivity contribution in [2.45, 2.75) is 39.0 Å². The topological polar surface area (TPSA) is 40.6 Å². The molecule has 2 rings (SSSR count). The first-order valence-corrected chi connectivity index (χ1v) is 7.23. The van der Waals surface area contributed by atoms with Gasteiger partial charge in [-0.1, -0.05) is 13.3 Å². The van der Waals surface area contributed by atoms with Crippen molar-refractivity contribution >= 4 is 11.7 Å². The molecule has 0 N–H and O–H groups in total. The predicted molar refractivity (Wildman–Crippen MR) is 70.3 cm³/mol. The SMILES string of the molecule is CCN1CCN(C(=O)CC2CCCCC2=O)CC1. The van der Waals surface area contributed by atoms with Gasteiger partial charge in [0.25, 0.3) is 0 Å². The van der Waals surface area contributed by atoms with Crippen LogP contribution in [0.4, 0.5) is 0 Å². The van der Waals surface area contributed by atoms with Gasteiger partial charge >= 0.3 is 0 Å². The standard InChI is InChI=1S/C14H24N2O2/c1-2-15-7-9-16(10-8-15)14(18)11-12-5-3-4-6-13(12)17/h12H,2-11H2,1H3. The minimum Gasteiger partial charge on any atom is -0.340 e. The summed E-state index contributed by atoms with van der Waals surface area (Å²) in [4.78, 5) is 28.2. The molecular formula is C14H24N2O2. The van der Waals surface area contributed by atoms with E-state index in [0.29, 0.717) is 18.6 Å². The Labute approximate surface area is 109 Å². The van der Waals surface area contributed by atoms with Crippen LogP contribution in [0.3, 0.4) is 0 Å². The lowest BCUT2D eigenvalue weighted by molar-refractivity contribution is -0.137. The molecule has 1 heterocycles. The monoisotopic (exact) mass is 252 g/mol. The minimum atomic E-state index is 0.00968. The highest BCUT2D eigenvalue weighted by Crippen LogP contribution is 2.24. The molecule has 0 radical (unpaired) electrons. The third kappa shape index (κ3) is 3.31. The second-order valence-electron chi connectivity index (χ2n) is 5.43. The van der Waals surface area contributed by atoms with Crippen LogP contribution in [-0.2, 0) is 9.59 Å². The molecule has 0 bridgehead atoms. The van der Waals surface area contributed by atoms with Gasteiger partial charge in [-0.25, -0.2) is 0 Å². The number of nitrogens with zero attached hydrogens (tertiary/aromatic N) is 2. The molecule has 0 spiro atoms. The number of carbonyl (C=O) groups is 2. The smallest absolute Gasteiger partial charge is 0.223 e. The molecule has 4 heteroatoms. The van der Waals surface area contributed by atoms with Crippen LogP contribution in [0, 0.1) is 5.92 Å². The Hall–Kier alpha value is -0.900. The highest BCUT2D eigenvalue weighted by atomic mass is 16.2. The summed E-state index contributed by atoms with van der Waals surface area (Å²) in [5.74, 6) is 0.503. The highest BCUT2D eigenvalue weighted by molar-refractivity contribution is 5.87. The van der Waals surface area contributed by atoms with Crippen LogP contribution in [0.5, 0.6) is 0 Å². The van der Waals surface area contributed by atoms with Crippen LogP contribution in [0.2, 0.25) is 0 Å². The first-order chi connectivity index (χ1) is 8.70. The van der Waals surface area contributed by atoms with E-state index in [1.54, 1.807) is 0 Å². The summed E-state index contributed by atoms with van der Waals surface area (Å²) in [5, 5.41) is 0. The van der Waals surface area contributed by atoms with Crippen molar-refractivity contribution in [2.75, 3.05) is 32.7 Å². The Balaban J connectivity index is 1.79. The molecule has 1 aliphatic heterocycles. The van der Waals surface area contributed by atoms with Gasteiger partial charge in [-0.2, -0.15) is 0 Å². The fourth-order valence-corrected chi connectivity index (χ4v) is 2.92. The number of Topliss-reactive ketones (excluding diaryl/α,β-unsaturated/α-hetero) is 1. The number of rotatable bonds is 3. The van der Waals surface area contributed by atoms with E-state index in [1.165, 1.54) is 0 Å². The number of amides is 1. The quantitative estimate of drug-likeness (QED) is 0.760. The molecular weight excluding hydrogens is 228 g/mol. The van der Waals surface area contributed by atoms with Crippen molar-refractivity contribution in [3.05, 3.63) is 0 Å². The lowest BCUT2D eigenvalue weighted by atomic mass is 9.85. The zero-order chi connectivity index (χ0) is 13.0. The maximum Gasteiger partial charge on any atom is 0.223 e. The molecule has 102 valence electrons. The van der Waals surface area contributed by atoms with Crippen LogP contribution in [0.25, 0.3) is 0 Å². The minimum absolute atomic E-state index is 0.00968. The number of likely N-dealkylation sites (N-methyl/N-ethyl adjacent to an activating group) is 1. The van der Waals surface area contributed by atoms with Crippen LogP contribution in [-0.4, -0.2) is 54.2 Å². The molecule has 1 atom stereocenters. The Morgan fingerprint density at radius 1 is 1.22 bits per heavy atom. The van der Waals surface area contributed by atoms with Crippen molar-refractivity contribution in [3.8, 4) is 0 Å². The first-order valence-electron chi connectivity index (χ1n) is 7.23. The number of carbonyl (C=O) groups excluding carboxylic acids is 2. The van der Waals surface area contributed by atoms with Crippen molar-refractivity contribution in [2.24, 2.45) is 5.92 Å². The summed E-state index contributed by atoms with van der Waals surface area (Å²) in [5.41, 5.74) is 0. The molecule has 1 amide bonds. The van der Waals surface area contributed by atoms with E-state index in [0.717, 1.165) is 52.0 Å². The molecule has 0 aromatic rings. The van der Waals surface area contributed by atoms with Gasteiger partial charge in [0.15, 0.2) is 0 Å². The van der Waals surface area contributed by atoms with Gasteiger partial charge in [0.05, 0.1) is 0 Å². The summed E-state index contributed by atoms with van der Waals surface area (Å²) < 4.78 is 0. The fraction of sp³-hybridized carbons (Fsp3) is 0.857. The third-order valence-corrected chi connectivity index (χ3v) is 4.27. The molecule has 1 saturated heterocycles. The van der Waals surface area contributed by atoms with Gasteiger partial charge in [0, 0.05) is 44.9 Å². The summed E-state index contributed by atoms with van der Waals surface area (Å²) in [6, 6.07) is 0. The van der Waals surface area contributed by atoms with Crippen LogP contribution in [0.1, 0.15) is 39.0 Å². The van der Waals surface area contributed by atoms with E-state index in [1.807, 2.05) is 4.90 Å².